The lowest BCUT2D eigenvalue weighted by Gasteiger charge is -2.22. The van der Waals surface area contributed by atoms with Crippen molar-refractivity contribution in [3.8, 4) is 0 Å². The van der Waals surface area contributed by atoms with Crippen molar-refractivity contribution in [1.82, 2.24) is 0 Å². The molecule has 6 heteroatoms. The molecule has 0 heterocycles. The van der Waals surface area contributed by atoms with Crippen molar-refractivity contribution >= 4 is 23.3 Å². The van der Waals surface area contributed by atoms with Crippen molar-refractivity contribution in [3.05, 3.63) is 39.4 Å². The summed E-state index contributed by atoms with van der Waals surface area (Å²) < 4.78 is 0. The van der Waals surface area contributed by atoms with Gasteiger partial charge in [-0.15, -0.1) is 11.6 Å². The Bertz CT molecular complexity index is 555. The zero-order chi connectivity index (χ0) is 16.1. The summed E-state index contributed by atoms with van der Waals surface area (Å²) >= 11 is 6.18. The molecule has 1 aliphatic rings. The number of hydrogen-bond acceptors (Lipinski definition) is 3. The number of benzene rings is 1. The van der Waals surface area contributed by atoms with Crippen molar-refractivity contribution in [1.29, 1.82) is 0 Å². The Morgan fingerprint density at radius 2 is 2.05 bits per heavy atom. The second-order valence-corrected chi connectivity index (χ2v) is 6.34. The van der Waals surface area contributed by atoms with E-state index in [0.717, 1.165) is 31.2 Å². The van der Waals surface area contributed by atoms with Crippen LogP contribution in [-0.2, 0) is 4.79 Å². The fourth-order valence-corrected chi connectivity index (χ4v) is 3.33. The minimum atomic E-state index is -0.918. The molecule has 1 aromatic carbocycles. The van der Waals surface area contributed by atoms with Crippen molar-refractivity contribution in [2.75, 3.05) is 0 Å². The van der Waals surface area contributed by atoms with E-state index in [0.29, 0.717) is 5.56 Å². The highest BCUT2D eigenvalue weighted by atomic mass is 35.5. The Morgan fingerprint density at radius 1 is 1.36 bits per heavy atom. The molecule has 0 amide bonds. The van der Waals surface area contributed by atoms with Crippen LogP contribution in [-0.4, -0.2) is 16.0 Å². The molecule has 2 rings (SSSR count). The normalized spacial score (nSPS) is 17.1. The molecule has 0 bridgehead atoms. The second kappa shape index (κ2) is 7.58. The molecule has 0 aliphatic heterocycles. The maximum Gasteiger partial charge on any atom is 0.303 e. The first-order chi connectivity index (χ1) is 10.5. The monoisotopic (exact) mass is 325 g/mol. The average Bonchev–Trinajstić information content (AvgIpc) is 2.52. The number of nitro benzene ring substituents is 1. The van der Waals surface area contributed by atoms with Crippen LogP contribution in [0.1, 0.15) is 67.4 Å². The van der Waals surface area contributed by atoms with E-state index in [9.17, 15) is 14.9 Å². The largest absolute Gasteiger partial charge is 0.481 e. The Hall–Kier alpha value is -1.62. The first kappa shape index (κ1) is 16.7. The van der Waals surface area contributed by atoms with E-state index >= 15 is 0 Å². The Labute approximate surface area is 134 Å². The van der Waals surface area contributed by atoms with Crippen LogP contribution in [0.3, 0.4) is 0 Å². The first-order valence-electron chi connectivity index (χ1n) is 7.63. The van der Waals surface area contributed by atoms with Crippen LogP contribution in [0.4, 0.5) is 5.69 Å². The standard InChI is InChI=1S/C16H20ClNO4/c17-14(8-9-16(19)20)12-6-7-13(15(10-12)18(21)22)11-4-2-1-3-5-11/h6-7,10-11,14H,1-5,8-9H2,(H,19,20). The predicted octanol–water partition coefficient (Wildman–Crippen LogP) is 4.79. The second-order valence-electron chi connectivity index (χ2n) is 5.81. The summed E-state index contributed by atoms with van der Waals surface area (Å²) in [7, 11) is 0. The number of nitrogens with zero attached hydrogens (tertiary/aromatic N) is 1. The highest BCUT2D eigenvalue weighted by Crippen LogP contribution is 2.39. The summed E-state index contributed by atoms with van der Waals surface area (Å²) in [6.45, 7) is 0. The lowest BCUT2D eigenvalue weighted by Crippen LogP contribution is -2.08. The Balaban J connectivity index is 2.22. The number of alkyl halides is 1. The van der Waals surface area contributed by atoms with Gasteiger partial charge in [-0.1, -0.05) is 31.4 Å². The fraction of sp³-hybridized carbons (Fsp3) is 0.562. The smallest absolute Gasteiger partial charge is 0.303 e. The molecule has 5 nitrogen and oxygen atoms in total. The molecular weight excluding hydrogens is 306 g/mol. The SMILES string of the molecule is O=C(O)CCC(Cl)c1ccc(C2CCCCC2)c([N+](=O)[O-])c1. The van der Waals surface area contributed by atoms with Crippen LogP contribution < -0.4 is 0 Å². The summed E-state index contributed by atoms with van der Waals surface area (Å²) in [5.41, 5.74) is 1.52. The van der Waals surface area contributed by atoms with Crippen LogP contribution in [0.2, 0.25) is 0 Å². The van der Waals surface area contributed by atoms with Gasteiger partial charge < -0.3 is 5.11 Å². The third-order valence-corrected chi connectivity index (χ3v) is 4.74. The fourth-order valence-electron chi connectivity index (χ4n) is 3.09. The zero-order valence-electron chi connectivity index (χ0n) is 12.3. The van der Waals surface area contributed by atoms with E-state index in [1.807, 2.05) is 0 Å². The molecule has 120 valence electrons. The minimum Gasteiger partial charge on any atom is -0.481 e. The number of halogens is 1. The molecule has 1 unspecified atom stereocenters. The van der Waals surface area contributed by atoms with Gasteiger partial charge in [-0.3, -0.25) is 14.9 Å². The van der Waals surface area contributed by atoms with Gasteiger partial charge in [-0.25, -0.2) is 0 Å². The van der Waals surface area contributed by atoms with E-state index in [1.54, 1.807) is 12.1 Å². The van der Waals surface area contributed by atoms with Crippen molar-refractivity contribution < 1.29 is 14.8 Å². The maximum atomic E-state index is 11.4. The van der Waals surface area contributed by atoms with Gasteiger partial charge in [0.2, 0.25) is 0 Å². The molecule has 1 N–H and O–H groups in total. The lowest BCUT2D eigenvalue weighted by molar-refractivity contribution is -0.385. The molecule has 1 aromatic rings. The van der Waals surface area contributed by atoms with Gasteiger partial charge in [0.1, 0.15) is 0 Å². The summed E-state index contributed by atoms with van der Waals surface area (Å²) in [6.07, 6.45) is 5.61. The number of rotatable bonds is 6. The molecule has 1 aliphatic carbocycles. The van der Waals surface area contributed by atoms with Crippen molar-refractivity contribution in [3.63, 3.8) is 0 Å². The van der Waals surface area contributed by atoms with E-state index in [4.69, 9.17) is 16.7 Å². The van der Waals surface area contributed by atoms with Crippen LogP contribution in [0.15, 0.2) is 18.2 Å². The molecule has 22 heavy (non-hydrogen) atoms. The molecule has 0 radical (unpaired) electrons. The molecule has 0 aromatic heterocycles. The van der Waals surface area contributed by atoms with Gasteiger partial charge in [-0.2, -0.15) is 0 Å². The number of carboxylic acids is 1. The van der Waals surface area contributed by atoms with Crippen molar-refractivity contribution in [2.24, 2.45) is 0 Å². The summed E-state index contributed by atoms with van der Waals surface area (Å²) in [6, 6.07) is 5.12. The first-order valence-corrected chi connectivity index (χ1v) is 8.06. The highest BCUT2D eigenvalue weighted by molar-refractivity contribution is 6.20. The van der Waals surface area contributed by atoms with Gasteiger partial charge in [0.15, 0.2) is 0 Å². The van der Waals surface area contributed by atoms with Gasteiger partial charge >= 0.3 is 5.97 Å². The molecule has 1 atom stereocenters. The number of nitro groups is 1. The van der Waals surface area contributed by atoms with Crippen LogP contribution >= 0.6 is 11.6 Å². The number of carboxylic acid groups (broad SMARTS) is 1. The van der Waals surface area contributed by atoms with Gasteiger partial charge in [0.05, 0.1) is 10.3 Å². The summed E-state index contributed by atoms with van der Waals surface area (Å²) in [5, 5.41) is 19.6. The van der Waals surface area contributed by atoms with E-state index in [2.05, 4.69) is 0 Å². The summed E-state index contributed by atoms with van der Waals surface area (Å²) in [5.74, 6) is -0.671. The van der Waals surface area contributed by atoms with Crippen molar-refractivity contribution in [2.45, 2.75) is 56.2 Å². The van der Waals surface area contributed by atoms with Gasteiger partial charge in [0.25, 0.3) is 5.69 Å². The topological polar surface area (TPSA) is 80.4 Å². The summed E-state index contributed by atoms with van der Waals surface area (Å²) in [4.78, 5) is 21.6. The third-order valence-electron chi connectivity index (χ3n) is 4.27. The quantitative estimate of drug-likeness (QED) is 0.463. The molecule has 0 saturated heterocycles. The molecule has 1 fully saturated rings. The molecule has 0 spiro atoms. The third kappa shape index (κ3) is 4.19. The van der Waals surface area contributed by atoms with Gasteiger partial charge in [0, 0.05) is 18.1 Å². The van der Waals surface area contributed by atoms with E-state index in [-0.39, 0.29) is 29.4 Å². The number of carbonyl (C=O) groups is 1. The zero-order valence-corrected chi connectivity index (χ0v) is 13.1. The average molecular weight is 326 g/mol. The van der Waals surface area contributed by atoms with Crippen LogP contribution in [0, 0.1) is 10.1 Å². The molecular formula is C16H20ClNO4. The maximum absolute atomic E-state index is 11.4. The highest BCUT2D eigenvalue weighted by Gasteiger charge is 2.25. The van der Waals surface area contributed by atoms with E-state index < -0.39 is 11.3 Å². The van der Waals surface area contributed by atoms with Crippen LogP contribution in [0.5, 0.6) is 0 Å². The Morgan fingerprint density at radius 3 is 2.64 bits per heavy atom. The van der Waals surface area contributed by atoms with Gasteiger partial charge in [-0.05, 0) is 30.7 Å². The lowest BCUT2D eigenvalue weighted by atomic mass is 9.83. The van der Waals surface area contributed by atoms with Crippen LogP contribution in [0.25, 0.3) is 0 Å². The predicted molar refractivity (Wildman–Crippen MR) is 84.4 cm³/mol. The Kier molecular flexibility index (Phi) is 5.77. The molecule has 1 saturated carbocycles. The minimum absolute atomic E-state index is 0.0493. The van der Waals surface area contributed by atoms with E-state index in [1.165, 1.54) is 12.5 Å². The number of aliphatic carboxylic acids is 1. The number of hydrogen-bond donors (Lipinski definition) is 1.